The van der Waals surface area contributed by atoms with E-state index in [-0.39, 0.29) is 17.0 Å². The van der Waals surface area contributed by atoms with E-state index in [1.54, 1.807) is 30.5 Å². The van der Waals surface area contributed by atoms with Gasteiger partial charge in [-0.05, 0) is 93.3 Å². The van der Waals surface area contributed by atoms with Crippen LogP contribution < -0.4 is 10.3 Å². The van der Waals surface area contributed by atoms with Crippen molar-refractivity contribution in [3.05, 3.63) is 111 Å². The monoisotopic (exact) mass is 562 g/mol. The Bertz CT molecular complexity index is 1910. The second-order valence-electron chi connectivity index (χ2n) is 10.6. The van der Waals surface area contributed by atoms with E-state index < -0.39 is 5.97 Å². The highest BCUT2D eigenvalue weighted by Crippen LogP contribution is 2.34. The van der Waals surface area contributed by atoms with Gasteiger partial charge in [-0.2, -0.15) is 9.78 Å². The van der Waals surface area contributed by atoms with Gasteiger partial charge in [-0.15, -0.1) is 0 Å². The van der Waals surface area contributed by atoms with E-state index in [2.05, 4.69) is 19.9 Å². The first-order valence-corrected chi connectivity index (χ1v) is 14.0. The molecule has 214 valence electrons. The van der Waals surface area contributed by atoms with E-state index in [1.807, 2.05) is 68.7 Å². The number of carboxylic acids is 1. The van der Waals surface area contributed by atoms with Crippen LogP contribution in [0.1, 0.15) is 65.1 Å². The second kappa shape index (κ2) is 11.5. The fourth-order valence-electron chi connectivity index (χ4n) is 5.29. The zero-order valence-electron chi connectivity index (χ0n) is 24.7. The lowest BCUT2D eigenvalue weighted by molar-refractivity contribution is 0.0697. The standard InChI is InChI=1S/C34H34N4O4/c1-7-42-31-15-21(4)29(18-28(31)20(2)3)32-36-30-14-9-8-13-27(30)33(39)38(32)35-19-25-16-22(5)37(23(25)6)26-12-10-11-24(17-26)34(40)41/h8-20H,7H2,1-6H3,(H,40,41). The van der Waals surface area contributed by atoms with E-state index in [0.29, 0.717) is 23.3 Å². The molecule has 0 atom stereocenters. The van der Waals surface area contributed by atoms with Crippen molar-refractivity contribution in [3.63, 3.8) is 0 Å². The van der Waals surface area contributed by atoms with E-state index >= 15 is 0 Å². The molecule has 0 bridgehead atoms. The van der Waals surface area contributed by atoms with Gasteiger partial charge in [0.25, 0.3) is 5.56 Å². The molecule has 0 unspecified atom stereocenters. The zero-order valence-corrected chi connectivity index (χ0v) is 24.7. The molecule has 0 aliphatic rings. The van der Waals surface area contributed by atoms with Crippen molar-refractivity contribution in [1.82, 2.24) is 14.2 Å². The largest absolute Gasteiger partial charge is 0.494 e. The van der Waals surface area contributed by atoms with Crippen molar-refractivity contribution >= 4 is 23.1 Å². The molecule has 0 aliphatic heterocycles. The van der Waals surface area contributed by atoms with Gasteiger partial charge in [0.05, 0.1) is 29.3 Å². The summed E-state index contributed by atoms with van der Waals surface area (Å²) in [5.41, 5.74) is 6.60. The van der Waals surface area contributed by atoms with Crippen LogP contribution >= 0.6 is 0 Å². The zero-order chi connectivity index (χ0) is 30.1. The van der Waals surface area contributed by atoms with Crippen LogP contribution in [0.25, 0.3) is 28.0 Å². The molecule has 3 aromatic carbocycles. The van der Waals surface area contributed by atoms with Crippen LogP contribution in [0.4, 0.5) is 0 Å². The van der Waals surface area contributed by atoms with Gasteiger partial charge in [-0.25, -0.2) is 9.78 Å². The average Bonchev–Trinajstić information content (AvgIpc) is 3.25. The number of carboxylic acid groups (broad SMARTS) is 1. The number of carbonyl (C=O) groups is 1. The maximum absolute atomic E-state index is 13.8. The molecule has 0 spiro atoms. The smallest absolute Gasteiger partial charge is 0.335 e. The molecule has 2 aromatic heterocycles. The lowest BCUT2D eigenvalue weighted by Crippen LogP contribution is -2.21. The van der Waals surface area contributed by atoms with Crippen molar-refractivity contribution in [2.24, 2.45) is 5.10 Å². The quantitative estimate of drug-likeness (QED) is 0.208. The van der Waals surface area contributed by atoms with Crippen molar-refractivity contribution in [2.75, 3.05) is 6.61 Å². The molecule has 42 heavy (non-hydrogen) atoms. The van der Waals surface area contributed by atoms with Gasteiger partial charge in [0.2, 0.25) is 0 Å². The maximum atomic E-state index is 13.8. The SMILES string of the molecule is CCOc1cc(C)c(-c2nc3ccccc3c(=O)n2N=Cc2cc(C)n(-c3cccc(C(=O)O)c3)c2C)cc1C(C)C. The summed E-state index contributed by atoms with van der Waals surface area (Å²) < 4.78 is 9.27. The molecule has 8 nitrogen and oxygen atoms in total. The highest BCUT2D eigenvalue weighted by Gasteiger charge is 2.19. The van der Waals surface area contributed by atoms with E-state index in [4.69, 9.17) is 14.8 Å². The molecule has 0 radical (unpaired) electrons. The van der Waals surface area contributed by atoms with Crippen LogP contribution in [0, 0.1) is 20.8 Å². The van der Waals surface area contributed by atoms with Gasteiger partial charge in [0.15, 0.2) is 5.82 Å². The number of ether oxygens (including phenoxy) is 1. The summed E-state index contributed by atoms with van der Waals surface area (Å²) >= 11 is 0. The second-order valence-corrected chi connectivity index (χ2v) is 10.6. The minimum absolute atomic E-state index is 0.194. The molecule has 0 fully saturated rings. The molecule has 5 rings (SSSR count). The van der Waals surface area contributed by atoms with Crippen LogP contribution in [0.2, 0.25) is 0 Å². The Labute approximate surface area is 244 Å². The van der Waals surface area contributed by atoms with Gasteiger partial charge in [0.1, 0.15) is 5.75 Å². The van der Waals surface area contributed by atoms with Crippen LogP contribution in [0.15, 0.2) is 76.6 Å². The third-order valence-electron chi connectivity index (χ3n) is 7.41. The molecule has 1 N–H and O–H groups in total. The Morgan fingerprint density at radius 1 is 1.05 bits per heavy atom. The van der Waals surface area contributed by atoms with Crippen molar-refractivity contribution < 1.29 is 14.6 Å². The van der Waals surface area contributed by atoms with Gasteiger partial charge >= 0.3 is 5.97 Å². The van der Waals surface area contributed by atoms with Gasteiger partial charge in [-0.1, -0.05) is 32.0 Å². The summed E-state index contributed by atoms with van der Waals surface area (Å²) in [6.07, 6.45) is 1.66. The summed E-state index contributed by atoms with van der Waals surface area (Å²) in [5.74, 6) is 0.480. The van der Waals surface area contributed by atoms with E-state index in [0.717, 1.165) is 45.1 Å². The molecule has 5 aromatic rings. The lowest BCUT2D eigenvalue weighted by atomic mass is 9.96. The molecule has 0 saturated heterocycles. The van der Waals surface area contributed by atoms with Gasteiger partial charge < -0.3 is 14.4 Å². The molecule has 0 amide bonds. The molecular weight excluding hydrogens is 528 g/mol. The van der Waals surface area contributed by atoms with Gasteiger partial charge in [-0.3, -0.25) is 4.79 Å². The molecule has 2 heterocycles. The van der Waals surface area contributed by atoms with Crippen LogP contribution in [-0.4, -0.2) is 38.1 Å². The minimum atomic E-state index is -0.984. The summed E-state index contributed by atoms with van der Waals surface area (Å²) in [4.78, 5) is 30.3. The van der Waals surface area contributed by atoms with Gasteiger partial charge in [0, 0.05) is 28.2 Å². The summed E-state index contributed by atoms with van der Waals surface area (Å²) in [5, 5.41) is 14.6. The van der Waals surface area contributed by atoms with Crippen molar-refractivity contribution in [1.29, 1.82) is 0 Å². The normalized spacial score (nSPS) is 11.6. The number of benzene rings is 3. The first-order chi connectivity index (χ1) is 20.1. The summed E-state index contributed by atoms with van der Waals surface area (Å²) in [7, 11) is 0. The van der Waals surface area contributed by atoms with Crippen molar-refractivity contribution in [3.8, 4) is 22.8 Å². The van der Waals surface area contributed by atoms with Crippen molar-refractivity contribution in [2.45, 2.75) is 47.5 Å². The Hall–Kier alpha value is -4.98. The molecule has 0 saturated carbocycles. The lowest BCUT2D eigenvalue weighted by Gasteiger charge is -2.18. The fourth-order valence-corrected chi connectivity index (χ4v) is 5.29. The maximum Gasteiger partial charge on any atom is 0.335 e. The highest BCUT2D eigenvalue weighted by atomic mass is 16.5. The summed E-state index contributed by atoms with van der Waals surface area (Å²) in [6, 6.07) is 20.1. The Balaban J connectivity index is 1.69. The molecule has 8 heteroatoms. The number of rotatable bonds is 8. The Kier molecular flexibility index (Phi) is 7.81. The number of nitrogens with zero attached hydrogens (tertiary/aromatic N) is 4. The number of aromatic nitrogens is 3. The highest BCUT2D eigenvalue weighted by molar-refractivity contribution is 5.88. The number of aromatic carboxylic acids is 1. The number of hydrogen-bond donors (Lipinski definition) is 1. The molecule has 0 aliphatic carbocycles. The molecular formula is C34H34N4O4. The predicted octanol–water partition coefficient (Wildman–Crippen LogP) is 6.88. The fraction of sp³-hybridized carbons (Fsp3) is 0.235. The average molecular weight is 563 g/mol. The first-order valence-electron chi connectivity index (χ1n) is 14.0. The predicted molar refractivity (Wildman–Crippen MR) is 167 cm³/mol. The topological polar surface area (TPSA) is 98.7 Å². The van der Waals surface area contributed by atoms with Crippen LogP contribution in [0.3, 0.4) is 0 Å². The summed E-state index contributed by atoms with van der Waals surface area (Å²) in [6.45, 7) is 12.6. The van der Waals surface area contributed by atoms with Crippen LogP contribution in [0.5, 0.6) is 5.75 Å². The van der Waals surface area contributed by atoms with Crippen LogP contribution in [-0.2, 0) is 0 Å². The Morgan fingerprint density at radius 3 is 2.52 bits per heavy atom. The third-order valence-corrected chi connectivity index (χ3v) is 7.41. The number of aryl methyl sites for hydroxylation is 2. The third kappa shape index (κ3) is 5.23. The Morgan fingerprint density at radius 2 is 1.81 bits per heavy atom. The number of hydrogen-bond acceptors (Lipinski definition) is 5. The number of fused-ring (bicyclic) bond motifs is 1. The van der Waals surface area contributed by atoms with E-state index in [9.17, 15) is 14.7 Å². The van der Waals surface area contributed by atoms with E-state index in [1.165, 1.54) is 4.68 Å². The first kappa shape index (κ1) is 28.5. The number of para-hydroxylation sites is 1. The minimum Gasteiger partial charge on any atom is -0.494 e.